The van der Waals surface area contributed by atoms with Gasteiger partial charge in [-0.1, -0.05) is 19.8 Å². The molecule has 7 nitrogen and oxygen atoms in total. The van der Waals surface area contributed by atoms with Gasteiger partial charge < -0.3 is 4.74 Å². The molecule has 0 spiro atoms. The molecule has 0 aliphatic heterocycles. The van der Waals surface area contributed by atoms with Crippen molar-refractivity contribution in [3.8, 4) is 0 Å². The van der Waals surface area contributed by atoms with Gasteiger partial charge in [-0.2, -0.15) is 0 Å². The highest BCUT2D eigenvalue weighted by atomic mass is 32.2. The first-order chi connectivity index (χ1) is 11.4. The second-order valence-corrected chi connectivity index (χ2v) is 8.61. The zero-order valence-electron chi connectivity index (χ0n) is 14.4. The van der Waals surface area contributed by atoms with Gasteiger partial charge in [-0.05, 0) is 32.6 Å². The number of hydrogen-bond acceptors (Lipinski definition) is 6. The van der Waals surface area contributed by atoms with E-state index in [4.69, 9.17) is 4.74 Å². The first kappa shape index (κ1) is 17.3. The molecule has 0 N–H and O–H groups in total. The molecule has 0 radical (unpaired) electrons. The van der Waals surface area contributed by atoms with Crippen LogP contribution < -0.4 is 0 Å². The van der Waals surface area contributed by atoms with Crippen LogP contribution in [-0.4, -0.2) is 46.5 Å². The lowest BCUT2D eigenvalue weighted by atomic mass is 9.88. The molecule has 0 aromatic carbocycles. The van der Waals surface area contributed by atoms with Crippen molar-refractivity contribution in [3.05, 3.63) is 17.6 Å². The third-order valence-corrected chi connectivity index (χ3v) is 6.18. The predicted molar refractivity (Wildman–Crippen MR) is 89.7 cm³/mol. The minimum Gasteiger partial charge on any atom is -0.377 e. The highest BCUT2D eigenvalue weighted by Crippen LogP contribution is 2.26. The van der Waals surface area contributed by atoms with Crippen molar-refractivity contribution >= 4 is 15.5 Å². The van der Waals surface area contributed by atoms with Crippen LogP contribution in [0.4, 0.5) is 0 Å². The summed E-state index contributed by atoms with van der Waals surface area (Å²) in [7, 11) is -3.57. The van der Waals surface area contributed by atoms with Crippen LogP contribution in [0.1, 0.15) is 44.1 Å². The lowest BCUT2D eigenvalue weighted by Crippen LogP contribution is -2.28. The molecule has 1 fully saturated rings. The summed E-state index contributed by atoms with van der Waals surface area (Å²) >= 11 is 0. The van der Waals surface area contributed by atoms with E-state index in [9.17, 15) is 8.42 Å². The van der Waals surface area contributed by atoms with Crippen molar-refractivity contribution in [2.24, 2.45) is 5.92 Å². The summed E-state index contributed by atoms with van der Waals surface area (Å²) in [5.74, 6) is 0.963. The Kier molecular flexibility index (Phi) is 4.87. The normalized spacial score (nSPS) is 22.1. The van der Waals surface area contributed by atoms with Gasteiger partial charge in [-0.15, -0.1) is 10.2 Å². The van der Waals surface area contributed by atoms with E-state index in [1.54, 1.807) is 13.0 Å². The van der Waals surface area contributed by atoms with E-state index in [2.05, 4.69) is 22.1 Å². The van der Waals surface area contributed by atoms with E-state index in [0.29, 0.717) is 17.4 Å². The molecule has 24 heavy (non-hydrogen) atoms. The number of sulfone groups is 1. The Balaban J connectivity index is 1.74. The van der Waals surface area contributed by atoms with Gasteiger partial charge in [0.15, 0.2) is 5.65 Å². The van der Waals surface area contributed by atoms with Gasteiger partial charge in [0, 0.05) is 11.8 Å². The third kappa shape index (κ3) is 3.44. The molecule has 0 unspecified atom stereocenters. The fourth-order valence-corrected chi connectivity index (χ4v) is 4.50. The Labute approximate surface area is 142 Å². The van der Waals surface area contributed by atoms with Gasteiger partial charge in [0.1, 0.15) is 5.82 Å². The molecule has 2 aromatic rings. The summed E-state index contributed by atoms with van der Waals surface area (Å²) < 4.78 is 32.6. The lowest BCUT2D eigenvalue weighted by molar-refractivity contribution is 0.00299. The Morgan fingerprint density at radius 2 is 2.00 bits per heavy atom. The largest absolute Gasteiger partial charge is 0.377 e. The smallest absolute Gasteiger partial charge is 0.255 e. The maximum Gasteiger partial charge on any atom is 0.255 e. The van der Waals surface area contributed by atoms with Crippen molar-refractivity contribution in [1.82, 2.24) is 19.6 Å². The summed E-state index contributed by atoms with van der Waals surface area (Å²) in [4.78, 5) is 4.30. The molecule has 0 amide bonds. The number of aryl methyl sites for hydroxylation is 2. The summed E-state index contributed by atoms with van der Waals surface area (Å²) in [6.07, 6.45) is 4.71. The fourth-order valence-electron chi connectivity index (χ4n) is 3.33. The number of rotatable bonds is 5. The minimum absolute atomic E-state index is 0.0530. The van der Waals surface area contributed by atoms with Gasteiger partial charge >= 0.3 is 0 Å². The summed E-state index contributed by atoms with van der Waals surface area (Å²) in [5.41, 5.74) is 1.28. The Hall–Kier alpha value is -1.54. The highest BCUT2D eigenvalue weighted by molar-refractivity contribution is 7.91. The summed E-state index contributed by atoms with van der Waals surface area (Å²) in [6.45, 7) is 5.95. The van der Waals surface area contributed by atoms with Crippen LogP contribution in [0.15, 0.2) is 11.2 Å². The minimum atomic E-state index is -3.57. The molecule has 2 aromatic heterocycles. The Morgan fingerprint density at radius 3 is 2.75 bits per heavy atom. The monoisotopic (exact) mass is 352 g/mol. The average Bonchev–Trinajstić information content (AvgIpc) is 2.94. The van der Waals surface area contributed by atoms with Crippen LogP contribution in [0.5, 0.6) is 0 Å². The van der Waals surface area contributed by atoms with E-state index in [1.807, 2.05) is 6.92 Å². The number of aromatic nitrogens is 4. The first-order valence-corrected chi connectivity index (χ1v) is 10.1. The van der Waals surface area contributed by atoms with Crippen LogP contribution in [0, 0.1) is 19.8 Å². The maximum absolute atomic E-state index is 12.6. The van der Waals surface area contributed by atoms with Gasteiger partial charge in [0.2, 0.25) is 9.84 Å². The molecular formula is C16H24N4O3S. The fraction of sp³-hybridized carbons (Fsp3) is 0.688. The van der Waals surface area contributed by atoms with Crippen LogP contribution in [0.25, 0.3) is 5.65 Å². The molecule has 1 saturated carbocycles. The first-order valence-electron chi connectivity index (χ1n) is 8.42. The van der Waals surface area contributed by atoms with E-state index in [1.165, 1.54) is 10.8 Å². The molecule has 1 aliphatic carbocycles. The molecule has 3 rings (SSSR count). The molecule has 0 saturated heterocycles. The molecule has 8 heteroatoms. The van der Waals surface area contributed by atoms with E-state index < -0.39 is 9.84 Å². The topological polar surface area (TPSA) is 86.5 Å². The van der Waals surface area contributed by atoms with Crippen molar-refractivity contribution in [1.29, 1.82) is 0 Å². The average molecular weight is 352 g/mol. The van der Waals surface area contributed by atoms with Crippen LogP contribution in [0.2, 0.25) is 0 Å². The SMILES string of the molecule is Cc1cc2nnc(S(=O)(=O)CCO[C@@H]3CCCC[C@@H]3C)n2c(C)n1. The van der Waals surface area contributed by atoms with Crippen molar-refractivity contribution < 1.29 is 13.2 Å². The molecule has 0 bridgehead atoms. The van der Waals surface area contributed by atoms with E-state index in [-0.39, 0.29) is 23.6 Å². The predicted octanol–water partition coefficient (Wildman–Crippen LogP) is 2.11. The Morgan fingerprint density at radius 1 is 1.25 bits per heavy atom. The second-order valence-electron chi connectivity index (χ2n) is 6.61. The number of fused-ring (bicyclic) bond motifs is 1. The van der Waals surface area contributed by atoms with Gasteiger partial charge in [0.25, 0.3) is 5.16 Å². The standard InChI is InChI=1S/C16H24N4O3S/c1-11-6-4-5-7-14(11)23-8-9-24(21,22)16-19-18-15-10-12(2)17-13(3)20(15)16/h10-11,14H,4-9H2,1-3H3/t11-,14+/m0/s1. The van der Waals surface area contributed by atoms with Gasteiger partial charge in [0.05, 0.1) is 18.5 Å². The van der Waals surface area contributed by atoms with Crippen LogP contribution >= 0.6 is 0 Å². The van der Waals surface area contributed by atoms with E-state index >= 15 is 0 Å². The summed E-state index contributed by atoms with van der Waals surface area (Å²) in [5, 5.41) is 7.80. The van der Waals surface area contributed by atoms with Gasteiger partial charge in [-0.3, -0.25) is 4.40 Å². The zero-order chi connectivity index (χ0) is 17.3. The van der Waals surface area contributed by atoms with E-state index in [0.717, 1.165) is 25.0 Å². The third-order valence-electron chi connectivity index (χ3n) is 4.65. The number of nitrogens with zero attached hydrogens (tertiary/aromatic N) is 4. The number of hydrogen-bond donors (Lipinski definition) is 0. The summed E-state index contributed by atoms with van der Waals surface area (Å²) in [6, 6.07) is 1.72. The molecule has 1 aliphatic rings. The second kappa shape index (κ2) is 6.76. The molecule has 132 valence electrons. The quantitative estimate of drug-likeness (QED) is 0.819. The Bertz CT molecular complexity index is 831. The molecule has 2 heterocycles. The molecular weight excluding hydrogens is 328 g/mol. The van der Waals surface area contributed by atoms with Crippen molar-refractivity contribution in [2.45, 2.75) is 57.7 Å². The lowest BCUT2D eigenvalue weighted by Gasteiger charge is -2.28. The highest BCUT2D eigenvalue weighted by Gasteiger charge is 2.26. The van der Waals surface area contributed by atoms with Gasteiger partial charge in [-0.25, -0.2) is 13.4 Å². The van der Waals surface area contributed by atoms with Crippen LogP contribution in [0.3, 0.4) is 0 Å². The zero-order valence-corrected chi connectivity index (χ0v) is 15.2. The van der Waals surface area contributed by atoms with Crippen molar-refractivity contribution in [2.75, 3.05) is 12.4 Å². The maximum atomic E-state index is 12.6. The van der Waals surface area contributed by atoms with Crippen molar-refractivity contribution in [3.63, 3.8) is 0 Å². The number of ether oxygens (including phenoxy) is 1. The van der Waals surface area contributed by atoms with Crippen LogP contribution in [-0.2, 0) is 14.6 Å². The molecule has 2 atom stereocenters.